The lowest BCUT2D eigenvalue weighted by Gasteiger charge is -2.24. The van der Waals surface area contributed by atoms with E-state index in [0.29, 0.717) is 5.76 Å². The number of furan rings is 1. The average Bonchev–Trinajstić information content (AvgIpc) is 2.79. The second-order valence-corrected chi connectivity index (χ2v) is 5.22. The van der Waals surface area contributed by atoms with Gasteiger partial charge in [0.1, 0.15) is 5.76 Å². The second-order valence-electron chi connectivity index (χ2n) is 4.14. The lowest BCUT2D eigenvalue weighted by Crippen LogP contribution is -2.38. The zero-order chi connectivity index (χ0) is 13.7. The molecule has 0 saturated carbocycles. The normalized spacial score (nSPS) is 16.2. The Morgan fingerprint density at radius 1 is 1.50 bits per heavy atom. The first-order valence-electron chi connectivity index (χ1n) is 5.72. The molecule has 102 valence electrons. The van der Waals surface area contributed by atoms with Crippen molar-refractivity contribution in [1.29, 1.82) is 0 Å². The molecule has 0 amide bonds. The highest BCUT2D eigenvalue weighted by Gasteiger charge is 2.20. The fourth-order valence-electron chi connectivity index (χ4n) is 1.72. The average molecular weight is 273 g/mol. The van der Waals surface area contributed by atoms with Gasteiger partial charge in [0.25, 0.3) is 0 Å². The highest BCUT2D eigenvalue weighted by Crippen LogP contribution is 2.19. The Morgan fingerprint density at radius 2 is 2.17 bits per heavy atom. The predicted octanol–water partition coefficient (Wildman–Crippen LogP) is 1.74. The van der Waals surface area contributed by atoms with E-state index in [4.69, 9.17) is 9.52 Å². The Kier molecular flexibility index (Phi) is 5.71. The number of carboxylic acids is 1. The van der Waals surface area contributed by atoms with E-state index in [1.54, 1.807) is 17.8 Å². The number of hydrogen-bond acceptors (Lipinski definition) is 5. The molecule has 0 aliphatic heterocycles. The van der Waals surface area contributed by atoms with Crippen molar-refractivity contribution in [1.82, 2.24) is 5.32 Å². The van der Waals surface area contributed by atoms with E-state index in [9.17, 15) is 9.90 Å². The number of carboxylic acid groups (broad SMARTS) is 1. The molecule has 0 aliphatic carbocycles. The van der Waals surface area contributed by atoms with Crippen LogP contribution in [0.15, 0.2) is 16.5 Å². The molecule has 0 radical (unpaired) electrons. The number of aliphatic hydroxyl groups is 1. The number of carbonyl (C=O) groups is 1. The van der Waals surface area contributed by atoms with Crippen molar-refractivity contribution in [2.45, 2.75) is 31.2 Å². The Morgan fingerprint density at radius 3 is 2.61 bits per heavy atom. The maximum Gasteiger partial charge on any atom is 0.371 e. The van der Waals surface area contributed by atoms with Crippen molar-refractivity contribution >= 4 is 17.7 Å². The number of aliphatic hydroxyl groups excluding tert-OH is 1. The first-order valence-corrected chi connectivity index (χ1v) is 7.01. The molecule has 3 N–H and O–H groups in total. The van der Waals surface area contributed by atoms with Gasteiger partial charge in [-0.1, -0.05) is 0 Å². The molecular weight excluding hydrogens is 254 g/mol. The van der Waals surface area contributed by atoms with Gasteiger partial charge >= 0.3 is 5.97 Å². The van der Waals surface area contributed by atoms with Crippen LogP contribution in [0.1, 0.15) is 36.2 Å². The number of hydrogen-bond donors (Lipinski definition) is 3. The minimum atomic E-state index is -1.07. The zero-order valence-electron chi connectivity index (χ0n) is 10.7. The molecule has 0 aliphatic rings. The number of nitrogens with one attached hydrogen (secondary N) is 1. The first kappa shape index (κ1) is 15.1. The molecule has 3 unspecified atom stereocenters. The molecule has 18 heavy (non-hydrogen) atoms. The monoisotopic (exact) mass is 273 g/mol. The van der Waals surface area contributed by atoms with Crippen molar-refractivity contribution in [3.8, 4) is 0 Å². The van der Waals surface area contributed by atoms with Gasteiger partial charge in [-0.3, -0.25) is 0 Å². The Hall–Kier alpha value is -0.980. The van der Waals surface area contributed by atoms with Gasteiger partial charge < -0.3 is 19.9 Å². The molecule has 5 nitrogen and oxygen atoms in total. The van der Waals surface area contributed by atoms with Crippen LogP contribution in [0.25, 0.3) is 0 Å². The smallest absolute Gasteiger partial charge is 0.371 e. The summed E-state index contributed by atoms with van der Waals surface area (Å²) in [5, 5.41) is 21.4. The van der Waals surface area contributed by atoms with Crippen molar-refractivity contribution in [2.75, 3.05) is 12.9 Å². The molecule has 1 heterocycles. The maximum absolute atomic E-state index is 10.7. The van der Waals surface area contributed by atoms with E-state index in [-0.39, 0.29) is 29.7 Å². The topological polar surface area (TPSA) is 82.7 Å². The summed E-state index contributed by atoms with van der Waals surface area (Å²) >= 11 is 1.59. The van der Waals surface area contributed by atoms with Gasteiger partial charge in [0, 0.05) is 11.3 Å². The Labute approximate surface area is 111 Å². The predicted molar refractivity (Wildman–Crippen MR) is 71.1 cm³/mol. The SMILES string of the molecule is CSC(CO)C(C)NC(C)c1ccc(C(=O)O)o1. The number of aromatic carboxylic acids is 1. The van der Waals surface area contributed by atoms with Crippen LogP contribution in [0.2, 0.25) is 0 Å². The Bertz CT molecular complexity index is 389. The molecule has 0 fully saturated rings. The molecule has 1 rings (SSSR count). The molecular formula is C12H19NO4S. The van der Waals surface area contributed by atoms with Crippen LogP contribution in [-0.2, 0) is 0 Å². The third-order valence-corrected chi connectivity index (χ3v) is 3.98. The van der Waals surface area contributed by atoms with Gasteiger partial charge in [0.15, 0.2) is 0 Å². The van der Waals surface area contributed by atoms with Crippen LogP contribution in [0.4, 0.5) is 0 Å². The molecule has 0 spiro atoms. The summed E-state index contributed by atoms with van der Waals surface area (Å²) < 4.78 is 5.22. The summed E-state index contributed by atoms with van der Waals surface area (Å²) in [4.78, 5) is 10.7. The van der Waals surface area contributed by atoms with E-state index < -0.39 is 5.97 Å². The van der Waals surface area contributed by atoms with Crippen LogP contribution in [0.5, 0.6) is 0 Å². The minimum absolute atomic E-state index is 0.0603. The zero-order valence-corrected chi connectivity index (χ0v) is 11.5. The minimum Gasteiger partial charge on any atom is -0.475 e. The molecule has 1 aromatic rings. The third kappa shape index (κ3) is 3.76. The van der Waals surface area contributed by atoms with E-state index in [1.807, 2.05) is 20.1 Å². The van der Waals surface area contributed by atoms with Gasteiger partial charge in [0.05, 0.1) is 12.6 Å². The van der Waals surface area contributed by atoms with Crippen LogP contribution in [0, 0.1) is 0 Å². The van der Waals surface area contributed by atoms with Crippen molar-refractivity contribution in [2.24, 2.45) is 0 Å². The molecule has 1 aromatic heterocycles. The number of thioether (sulfide) groups is 1. The third-order valence-electron chi connectivity index (χ3n) is 2.82. The van der Waals surface area contributed by atoms with Crippen molar-refractivity contribution < 1.29 is 19.4 Å². The Balaban J connectivity index is 2.63. The van der Waals surface area contributed by atoms with Gasteiger partial charge in [-0.15, -0.1) is 0 Å². The highest BCUT2D eigenvalue weighted by atomic mass is 32.2. The van der Waals surface area contributed by atoms with Gasteiger partial charge in [-0.2, -0.15) is 11.8 Å². The molecule has 6 heteroatoms. The van der Waals surface area contributed by atoms with E-state index in [2.05, 4.69) is 5.32 Å². The second kappa shape index (κ2) is 6.82. The quantitative estimate of drug-likeness (QED) is 0.702. The summed E-state index contributed by atoms with van der Waals surface area (Å²) in [6.07, 6.45) is 1.94. The lowest BCUT2D eigenvalue weighted by molar-refractivity contribution is 0.0659. The number of rotatable bonds is 7. The molecule has 0 saturated heterocycles. The van der Waals surface area contributed by atoms with Crippen LogP contribution < -0.4 is 5.32 Å². The summed E-state index contributed by atoms with van der Waals surface area (Å²) in [5.74, 6) is -0.550. The fraction of sp³-hybridized carbons (Fsp3) is 0.583. The summed E-state index contributed by atoms with van der Waals surface area (Å²) in [5.41, 5.74) is 0. The van der Waals surface area contributed by atoms with Crippen LogP contribution in [0.3, 0.4) is 0 Å². The summed E-state index contributed by atoms with van der Waals surface area (Å²) in [6, 6.07) is 3.09. The van der Waals surface area contributed by atoms with Gasteiger partial charge in [-0.05, 0) is 32.2 Å². The fourth-order valence-corrected chi connectivity index (χ4v) is 2.36. The highest BCUT2D eigenvalue weighted by molar-refractivity contribution is 7.99. The molecule has 0 bridgehead atoms. The van der Waals surface area contributed by atoms with Crippen molar-refractivity contribution in [3.05, 3.63) is 23.7 Å². The summed E-state index contributed by atoms with van der Waals surface area (Å²) in [6.45, 7) is 3.98. The lowest BCUT2D eigenvalue weighted by atomic mass is 10.2. The molecule has 0 aromatic carbocycles. The molecule has 3 atom stereocenters. The van der Waals surface area contributed by atoms with Crippen LogP contribution >= 0.6 is 11.8 Å². The van der Waals surface area contributed by atoms with Crippen LogP contribution in [-0.4, -0.2) is 40.3 Å². The van der Waals surface area contributed by atoms with Gasteiger partial charge in [0.2, 0.25) is 5.76 Å². The first-order chi connectivity index (χ1) is 8.49. The van der Waals surface area contributed by atoms with Crippen molar-refractivity contribution in [3.63, 3.8) is 0 Å². The van der Waals surface area contributed by atoms with E-state index >= 15 is 0 Å². The summed E-state index contributed by atoms with van der Waals surface area (Å²) in [7, 11) is 0. The maximum atomic E-state index is 10.7. The standard InChI is InChI=1S/C12H19NO4S/c1-7(13-8(2)11(6-14)18-3)9-4-5-10(17-9)12(15)16/h4-5,7-8,11,13-14H,6H2,1-3H3,(H,15,16). The van der Waals surface area contributed by atoms with Gasteiger partial charge in [-0.25, -0.2) is 4.79 Å². The van der Waals surface area contributed by atoms with E-state index in [0.717, 1.165) is 0 Å². The van der Waals surface area contributed by atoms with E-state index in [1.165, 1.54) is 6.07 Å². The largest absolute Gasteiger partial charge is 0.475 e.